The summed E-state index contributed by atoms with van der Waals surface area (Å²) in [6.45, 7) is -0.667. The van der Waals surface area contributed by atoms with E-state index in [1.807, 2.05) is 12.1 Å². The Labute approximate surface area is 209 Å². The van der Waals surface area contributed by atoms with E-state index in [0.717, 1.165) is 17.4 Å². The van der Waals surface area contributed by atoms with Crippen LogP contribution in [-0.2, 0) is 25.5 Å². The van der Waals surface area contributed by atoms with Crippen LogP contribution in [0.5, 0.6) is 5.75 Å². The molecule has 1 saturated heterocycles. The van der Waals surface area contributed by atoms with Crippen LogP contribution in [0.15, 0.2) is 42.5 Å². The lowest BCUT2D eigenvalue weighted by Crippen LogP contribution is -2.55. The first-order chi connectivity index (χ1) is 16.6. The Morgan fingerprint density at radius 3 is 2.34 bits per heavy atom. The van der Waals surface area contributed by atoms with Gasteiger partial charge in [-0.3, -0.25) is 4.18 Å². The second kappa shape index (κ2) is 12.2. The molecule has 0 aromatic heterocycles. The quantitative estimate of drug-likeness (QED) is 0.290. The predicted molar refractivity (Wildman–Crippen MR) is 127 cm³/mol. The van der Waals surface area contributed by atoms with Crippen LogP contribution in [0.4, 0.5) is 0 Å². The number of benzene rings is 2. The summed E-state index contributed by atoms with van der Waals surface area (Å²) in [6.07, 6.45) is -4.79. The first-order valence-corrected chi connectivity index (χ1v) is 12.9. The summed E-state index contributed by atoms with van der Waals surface area (Å²) in [5, 5.41) is 40.4. The highest BCUT2D eigenvalue weighted by molar-refractivity contribution is 7.86. The minimum absolute atomic E-state index is 0.0689. The molecule has 0 amide bonds. The van der Waals surface area contributed by atoms with Crippen molar-refractivity contribution in [2.24, 2.45) is 0 Å². The van der Waals surface area contributed by atoms with Gasteiger partial charge in [-0.25, -0.2) is 0 Å². The summed E-state index contributed by atoms with van der Waals surface area (Å²) in [4.78, 5) is 0. The lowest BCUT2D eigenvalue weighted by Gasteiger charge is -2.40. The summed E-state index contributed by atoms with van der Waals surface area (Å²) in [6, 6.07) is 12.3. The van der Waals surface area contributed by atoms with Crippen LogP contribution in [0, 0.1) is 11.8 Å². The third-order valence-corrected chi connectivity index (χ3v) is 6.30. The van der Waals surface area contributed by atoms with E-state index >= 15 is 0 Å². The number of hydrogen-bond donors (Lipinski definition) is 4. The van der Waals surface area contributed by atoms with Crippen molar-refractivity contribution >= 4 is 21.7 Å². The molecule has 0 bridgehead atoms. The molecule has 1 fully saturated rings. The zero-order valence-corrected chi connectivity index (χ0v) is 20.4. The molecule has 3 rings (SSSR count). The first-order valence-electron chi connectivity index (χ1n) is 10.7. The Morgan fingerprint density at radius 2 is 1.69 bits per heavy atom. The SMILES string of the molecule is CS(=O)(=O)OCC#CCOc1ccc(Cc2cc([C@@H]3O[C@H](CO)[C@@H](O)[C@H](O)[C@H]3O)ccc2Cl)cc1. The molecule has 9 nitrogen and oxygen atoms in total. The lowest BCUT2D eigenvalue weighted by atomic mass is 9.90. The highest BCUT2D eigenvalue weighted by Crippen LogP contribution is 2.34. The number of halogens is 1. The molecular weight excluding hydrogens is 500 g/mol. The van der Waals surface area contributed by atoms with Gasteiger partial charge in [0.25, 0.3) is 10.1 Å². The van der Waals surface area contributed by atoms with Gasteiger partial charge in [0.2, 0.25) is 0 Å². The molecule has 1 heterocycles. The Balaban J connectivity index is 1.63. The molecule has 0 radical (unpaired) electrons. The van der Waals surface area contributed by atoms with Crippen molar-refractivity contribution in [2.75, 3.05) is 26.1 Å². The third-order valence-electron chi connectivity index (χ3n) is 5.39. The fourth-order valence-corrected chi connectivity index (χ4v) is 4.02. The summed E-state index contributed by atoms with van der Waals surface area (Å²) in [7, 11) is -3.52. The summed E-state index contributed by atoms with van der Waals surface area (Å²) < 4.78 is 37.4. The van der Waals surface area contributed by atoms with Gasteiger partial charge < -0.3 is 29.9 Å². The van der Waals surface area contributed by atoms with E-state index in [0.29, 0.717) is 22.8 Å². The summed E-state index contributed by atoms with van der Waals surface area (Å²) in [5.74, 6) is 5.79. The highest BCUT2D eigenvalue weighted by Gasteiger charge is 2.44. The molecule has 4 N–H and O–H groups in total. The van der Waals surface area contributed by atoms with Crippen molar-refractivity contribution in [1.82, 2.24) is 0 Å². The molecule has 5 atom stereocenters. The Hall–Kier alpha value is -2.20. The van der Waals surface area contributed by atoms with Gasteiger partial charge in [-0.2, -0.15) is 8.42 Å². The van der Waals surface area contributed by atoms with Crippen molar-refractivity contribution in [1.29, 1.82) is 0 Å². The van der Waals surface area contributed by atoms with Crippen LogP contribution in [-0.4, -0.2) is 79.3 Å². The highest BCUT2D eigenvalue weighted by atomic mass is 35.5. The molecule has 0 saturated carbocycles. The van der Waals surface area contributed by atoms with E-state index < -0.39 is 47.2 Å². The number of ether oxygens (including phenoxy) is 2. The lowest BCUT2D eigenvalue weighted by molar-refractivity contribution is -0.231. The maximum Gasteiger partial charge on any atom is 0.265 e. The molecule has 35 heavy (non-hydrogen) atoms. The monoisotopic (exact) mass is 526 g/mol. The second-order valence-corrected chi connectivity index (χ2v) is 10.1. The van der Waals surface area contributed by atoms with Gasteiger partial charge in [-0.1, -0.05) is 47.7 Å². The number of aliphatic hydroxyl groups is 4. The zero-order valence-electron chi connectivity index (χ0n) is 18.9. The molecule has 1 aliphatic heterocycles. The molecule has 2 aromatic rings. The maximum atomic E-state index is 10.9. The van der Waals surface area contributed by atoms with Crippen molar-refractivity contribution in [3.8, 4) is 17.6 Å². The van der Waals surface area contributed by atoms with Crippen molar-refractivity contribution in [3.05, 3.63) is 64.2 Å². The third kappa shape index (κ3) is 7.64. The van der Waals surface area contributed by atoms with Gasteiger partial charge in [0.05, 0.1) is 12.9 Å². The summed E-state index contributed by atoms with van der Waals surface area (Å²) >= 11 is 6.38. The molecule has 0 spiro atoms. The van der Waals surface area contributed by atoms with Gasteiger partial charge in [-0.15, -0.1) is 0 Å². The number of hydrogen-bond acceptors (Lipinski definition) is 9. The minimum atomic E-state index is -3.52. The van der Waals surface area contributed by atoms with Gasteiger partial charge in [0, 0.05) is 5.02 Å². The van der Waals surface area contributed by atoms with Crippen molar-refractivity contribution in [2.45, 2.75) is 36.9 Å². The smallest absolute Gasteiger partial charge is 0.265 e. The van der Waals surface area contributed by atoms with Crippen LogP contribution >= 0.6 is 11.6 Å². The topological polar surface area (TPSA) is 143 Å². The van der Waals surface area contributed by atoms with E-state index in [4.69, 9.17) is 21.1 Å². The molecule has 2 aromatic carbocycles. The van der Waals surface area contributed by atoms with E-state index in [-0.39, 0.29) is 13.2 Å². The largest absolute Gasteiger partial charge is 0.481 e. The van der Waals surface area contributed by atoms with Crippen LogP contribution in [0.3, 0.4) is 0 Å². The van der Waals surface area contributed by atoms with Crippen LogP contribution in [0.2, 0.25) is 5.02 Å². The normalized spacial score (nSPS) is 24.5. The van der Waals surface area contributed by atoms with Crippen molar-refractivity contribution in [3.63, 3.8) is 0 Å². The van der Waals surface area contributed by atoms with E-state index in [9.17, 15) is 28.8 Å². The molecule has 1 aliphatic rings. The van der Waals surface area contributed by atoms with Crippen molar-refractivity contribution < 1.29 is 42.5 Å². The molecule has 11 heteroatoms. The summed E-state index contributed by atoms with van der Waals surface area (Å²) in [5.41, 5.74) is 2.24. The molecule has 0 aliphatic carbocycles. The Kier molecular flexibility index (Phi) is 9.52. The Bertz CT molecular complexity index is 1160. The van der Waals surface area contributed by atoms with E-state index in [2.05, 4.69) is 16.0 Å². The fourth-order valence-electron chi connectivity index (χ4n) is 3.57. The number of aliphatic hydroxyl groups excluding tert-OH is 4. The van der Waals surface area contributed by atoms with E-state index in [1.165, 1.54) is 0 Å². The predicted octanol–water partition coefficient (Wildman–Crippen LogP) is 0.804. The van der Waals surface area contributed by atoms with Gasteiger partial charge in [0.1, 0.15) is 49.5 Å². The average Bonchev–Trinajstić information content (AvgIpc) is 2.82. The van der Waals surface area contributed by atoms with E-state index in [1.54, 1.807) is 30.3 Å². The molecule has 190 valence electrons. The van der Waals surface area contributed by atoms with Gasteiger partial charge in [0.15, 0.2) is 0 Å². The maximum absolute atomic E-state index is 10.9. The first kappa shape index (κ1) is 27.4. The minimum Gasteiger partial charge on any atom is -0.481 e. The van der Waals surface area contributed by atoms with Crippen LogP contribution in [0.25, 0.3) is 0 Å². The van der Waals surface area contributed by atoms with Gasteiger partial charge in [-0.05, 0) is 41.3 Å². The standard InChI is InChI=1S/C24H27ClO9S/c1-35(30,31)33-11-3-2-10-32-18-7-4-15(5-8-18)12-17-13-16(6-9-19(17)25)24-23(29)22(28)21(27)20(14-26)34-24/h4-9,13,20-24,26-29H,10-12,14H2,1H3/t20-,21-,22+,23-,24+/m1/s1. The number of rotatable bonds is 8. The fraction of sp³-hybridized carbons (Fsp3) is 0.417. The second-order valence-electron chi connectivity index (χ2n) is 8.03. The zero-order chi connectivity index (χ0) is 25.6. The van der Waals surface area contributed by atoms with Gasteiger partial charge >= 0.3 is 0 Å². The Morgan fingerprint density at radius 1 is 1.00 bits per heavy atom. The van der Waals surface area contributed by atoms with Crippen LogP contribution in [0.1, 0.15) is 22.8 Å². The van der Waals surface area contributed by atoms with Crippen LogP contribution < -0.4 is 4.74 Å². The average molecular weight is 527 g/mol. The molecular formula is C24H27ClO9S. The molecule has 0 unspecified atom stereocenters.